The number of rotatable bonds is 7. The number of likely N-dealkylation sites (N-methyl/N-ethyl adjacent to an activating group) is 1. The third-order valence-electron chi connectivity index (χ3n) is 6.91. The summed E-state index contributed by atoms with van der Waals surface area (Å²) >= 11 is 0. The van der Waals surface area contributed by atoms with Crippen molar-refractivity contribution in [1.82, 2.24) is 9.80 Å². The largest absolute Gasteiger partial charge is 0.416 e. The number of hydrogen-bond acceptors (Lipinski definition) is 5. The predicted octanol–water partition coefficient (Wildman–Crippen LogP) is 6.26. The fourth-order valence-electron chi connectivity index (χ4n) is 4.52. The van der Waals surface area contributed by atoms with Crippen molar-refractivity contribution in [2.24, 2.45) is 0 Å². The number of halogens is 3. The molecule has 0 atom stereocenters. The molecule has 1 saturated heterocycles. The molecule has 0 amide bonds. The van der Waals surface area contributed by atoms with E-state index in [1.165, 1.54) is 12.3 Å². The van der Waals surface area contributed by atoms with E-state index in [1.807, 2.05) is 32.2 Å². The van der Waals surface area contributed by atoms with Gasteiger partial charge in [0.25, 0.3) is 0 Å². The van der Waals surface area contributed by atoms with Crippen LogP contribution in [0.25, 0.3) is 5.70 Å². The van der Waals surface area contributed by atoms with E-state index in [0.717, 1.165) is 37.8 Å². The minimum Gasteiger partial charge on any atom is -0.355 e. The molecule has 1 fully saturated rings. The van der Waals surface area contributed by atoms with Crippen molar-refractivity contribution >= 4 is 23.3 Å². The summed E-state index contributed by atoms with van der Waals surface area (Å²) in [5.41, 5.74) is 4.18. The first-order chi connectivity index (χ1) is 19.0. The van der Waals surface area contributed by atoms with E-state index in [9.17, 15) is 13.2 Å². The van der Waals surface area contributed by atoms with Crippen LogP contribution in [0.3, 0.4) is 0 Å². The molecule has 1 aliphatic heterocycles. The van der Waals surface area contributed by atoms with Gasteiger partial charge in [0.05, 0.1) is 5.56 Å². The highest BCUT2D eigenvalue weighted by Gasteiger charge is 2.31. The molecule has 40 heavy (non-hydrogen) atoms. The third kappa shape index (κ3) is 7.26. The standard InChI is InChI=1S/C32H32F3N5/c1-22-8-9-26(18-25(22)10-11-31(37)30-7-5-4-6-27(30)20-36)23(2)38-29-17-24(16-28(19-29)32(33,34)35)21-40-14-12-39(3)13-15-40/h4-9,16-20,36-38H,2,12-15,21H2,1,3H3. The highest BCUT2D eigenvalue weighted by Crippen LogP contribution is 2.33. The average Bonchev–Trinajstić information content (AvgIpc) is 2.93. The van der Waals surface area contributed by atoms with E-state index in [0.29, 0.717) is 45.7 Å². The first kappa shape index (κ1) is 28.8. The van der Waals surface area contributed by atoms with Crippen LogP contribution in [0.4, 0.5) is 18.9 Å². The molecule has 3 aromatic rings. The summed E-state index contributed by atoms with van der Waals surface area (Å²) in [4.78, 5) is 4.37. The van der Waals surface area contributed by atoms with E-state index in [1.54, 1.807) is 30.3 Å². The lowest BCUT2D eigenvalue weighted by molar-refractivity contribution is -0.137. The molecule has 0 unspecified atom stereocenters. The quantitative estimate of drug-likeness (QED) is 0.243. The van der Waals surface area contributed by atoms with Crippen LogP contribution in [0, 0.1) is 29.6 Å². The van der Waals surface area contributed by atoms with Crippen LogP contribution >= 0.6 is 0 Å². The van der Waals surface area contributed by atoms with Crippen LogP contribution in [0.2, 0.25) is 0 Å². The van der Waals surface area contributed by atoms with Gasteiger partial charge in [0.15, 0.2) is 0 Å². The maximum Gasteiger partial charge on any atom is 0.416 e. The van der Waals surface area contributed by atoms with Gasteiger partial charge in [-0.25, -0.2) is 0 Å². The maximum atomic E-state index is 13.7. The molecule has 0 spiro atoms. The number of anilines is 1. The summed E-state index contributed by atoms with van der Waals surface area (Å²) in [6.45, 7) is 9.80. The van der Waals surface area contributed by atoms with Crippen molar-refractivity contribution < 1.29 is 13.2 Å². The zero-order valence-corrected chi connectivity index (χ0v) is 22.6. The monoisotopic (exact) mass is 543 g/mol. The topological polar surface area (TPSA) is 66.2 Å². The van der Waals surface area contributed by atoms with Crippen LogP contribution in [0.15, 0.2) is 67.2 Å². The molecule has 0 saturated carbocycles. The molecular formula is C32H32F3N5. The van der Waals surface area contributed by atoms with Crippen molar-refractivity contribution in [3.63, 3.8) is 0 Å². The van der Waals surface area contributed by atoms with E-state index in [-0.39, 0.29) is 5.71 Å². The fourth-order valence-corrected chi connectivity index (χ4v) is 4.52. The Morgan fingerprint density at radius 2 is 1.77 bits per heavy atom. The minimum absolute atomic E-state index is 0.0951. The molecule has 8 heteroatoms. The van der Waals surface area contributed by atoms with Gasteiger partial charge >= 0.3 is 6.18 Å². The maximum absolute atomic E-state index is 13.7. The third-order valence-corrected chi connectivity index (χ3v) is 6.91. The number of hydrogen-bond donors (Lipinski definition) is 3. The number of nitrogens with one attached hydrogen (secondary N) is 3. The van der Waals surface area contributed by atoms with Gasteiger partial charge in [-0.2, -0.15) is 13.2 Å². The Kier molecular flexibility index (Phi) is 8.88. The van der Waals surface area contributed by atoms with Gasteiger partial charge in [-0.05, 0) is 60.8 Å². The molecule has 1 heterocycles. The zero-order valence-electron chi connectivity index (χ0n) is 22.6. The molecule has 0 bridgehead atoms. The van der Waals surface area contributed by atoms with Crippen LogP contribution in [-0.2, 0) is 12.7 Å². The second-order valence-electron chi connectivity index (χ2n) is 9.99. The summed E-state index contributed by atoms with van der Waals surface area (Å²) < 4.78 is 41.2. The lowest BCUT2D eigenvalue weighted by Gasteiger charge is -2.32. The van der Waals surface area contributed by atoms with Gasteiger partial charge in [-0.1, -0.05) is 48.9 Å². The summed E-state index contributed by atoms with van der Waals surface area (Å²) in [5, 5.41) is 19.0. The van der Waals surface area contributed by atoms with Crippen molar-refractivity contribution in [1.29, 1.82) is 10.8 Å². The minimum atomic E-state index is -4.47. The summed E-state index contributed by atoms with van der Waals surface area (Å²) in [6.07, 6.45) is -3.28. The first-order valence-electron chi connectivity index (χ1n) is 12.9. The molecule has 4 rings (SSSR count). The average molecular weight is 544 g/mol. The Hall–Kier alpha value is -4.19. The molecule has 1 aliphatic rings. The SMILES string of the molecule is C=C(Nc1cc(CN2CCN(C)CC2)cc(C(F)(F)F)c1)c1ccc(C)c(C#CC(=N)c2ccccc2C=N)c1. The van der Waals surface area contributed by atoms with Gasteiger partial charge in [-0.3, -0.25) is 10.3 Å². The van der Waals surface area contributed by atoms with Gasteiger partial charge in [0, 0.05) is 67.0 Å². The Morgan fingerprint density at radius 1 is 1.05 bits per heavy atom. The Morgan fingerprint density at radius 3 is 2.48 bits per heavy atom. The molecule has 0 radical (unpaired) electrons. The Labute approximate surface area is 233 Å². The van der Waals surface area contributed by atoms with Gasteiger partial charge in [0.1, 0.15) is 5.71 Å². The van der Waals surface area contributed by atoms with E-state index >= 15 is 0 Å². The smallest absolute Gasteiger partial charge is 0.355 e. The molecule has 5 nitrogen and oxygen atoms in total. The highest BCUT2D eigenvalue weighted by atomic mass is 19.4. The number of piperazine rings is 1. The van der Waals surface area contributed by atoms with Crippen molar-refractivity contribution in [3.05, 3.63) is 106 Å². The van der Waals surface area contributed by atoms with E-state index < -0.39 is 11.7 Å². The lowest BCUT2D eigenvalue weighted by Crippen LogP contribution is -2.43. The molecule has 0 aliphatic carbocycles. The predicted molar refractivity (Wildman–Crippen MR) is 156 cm³/mol. The lowest BCUT2D eigenvalue weighted by atomic mass is 10.0. The molecule has 3 N–H and O–H groups in total. The van der Waals surface area contributed by atoms with Crippen LogP contribution in [0.1, 0.15) is 38.9 Å². The van der Waals surface area contributed by atoms with Crippen LogP contribution in [0.5, 0.6) is 0 Å². The molecule has 0 aromatic heterocycles. The second kappa shape index (κ2) is 12.3. The Balaban J connectivity index is 1.56. The van der Waals surface area contributed by atoms with E-state index in [4.69, 9.17) is 10.8 Å². The molecule has 206 valence electrons. The van der Waals surface area contributed by atoms with Crippen molar-refractivity contribution in [3.8, 4) is 11.8 Å². The summed E-state index contributed by atoms with van der Waals surface area (Å²) in [6, 6.07) is 16.7. The number of nitrogens with zero attached hydrogens (tertiary/aromatic N) is 2. The number of benzene rings is 3. The van der Waals surface area contributed by atoms with Gasteiger partial charge in [0.2, 0.25) is 0 Å². The van der Waals surface area contributed by atoms with Gasteiger partial charge in [-0.15, -0.1) is 0 Å². The first-order valence-corrected chi connectivity index (χ1v) is 12.9. The van der Waals surface area contributed by atoms with Crippen LogP contribution < -0.4 is 5.32 Å². The molecular weight excluding hydrogens is 511 g/mol. The number of alkyl halides is 3. The Bertz CT molecular complexity index is 1490. The fraction of sp³-hybridized carbons (Fsp3) is 0.250. The second-order valence-corrected chi connectivity index (χ2v) is 9.99. The highest BCUT2D eigenvalue weighted by molar-refractivity contribution is 6.14. The van der Waals surface area contributed by atoms with Crippen LogP contribution in [-0.4, -0.2) is 55.0 Å². The summed E-state index contributed by atoms with van der Waals surface area (Å²) in [5.74, 6) is 5.90. The number of aryl methyl sites for hydroxylation is 1. The summed E-state index contributed by atoms with van der Waals surface area (Å²) in [7, 11) is 2.04. The van der Waals surface area contributed by atoms with E-state index in [2.05, 4.69) is 33.5 Å². The zero-order chi connectivity index (χ0) is 28.9. The van der Waals surface area contributed by atoms with Crippen molar-refractivity contribution in [2.75, 3.05) is 38.5 Å². The normalized spacial score (nSPS) is 14.2. The van der Waals surface area contributed by atoms with Crippen molar-refractivity contribution in [2.45, 2.75) is 19.6 Å². The van der Waals surface area contributed by atoms with Gasteiger partial charge < -0.3 is 15.6 Å². The molecule has 3 aromatic carbocycles.